The molecule has 2 heterocycles. The Hall–Kier alpha value is -4.41. The minimum Gasteiger partial charge on any atom is -0.260 e. The molecule has 188 valence electrons. The van der Waals surface area contributed by atoms with E-state index in [1.54, 1.807) is 11.8 Å². The van der Waals surface area contributed by atoms with Gasteiger partial charge in [0.1, 0.15) is 0 Å². The molecule has 0 amide bonds. The molecule has 1 aliphatic carbocycles. The van der Waals surface area contributed by atoms with E-state index in [-0.39, 0.29) is 0 Å². The van der Waals surface area contributed by atoms with Gasteiger partial charge in [-0.25, -0.2) is 4.68 Å². The van der Waals surface area contributed by atoms with Crippen LogP contribution >= 0.6 is 11.8 Å². The van der Waals surface area contributed by atoms with Gasteiger partial charge in [0.2, 0.25) is 0 Å². The number of hydrogen-bond donors (Lipinski definition) is 0. The maximum Gasteiger partial charge on any atom is 0.0886 e. The Morgan fingerprint density at radius 1 is 0.641 bits per heavy atom. The molecule has 4 aromatic carbocycles. The van der Waals surface area contributed by atoms with Crippen LogP contribution in [-0.2, 0) is 5.41 Å². The molecule has 4 heteroatoms. The van der Waals surface area contributed by atoms with Crippen LogP contribution in [0.15, 0.2) is 137 Å². The largest absolute Gasteiger partial charge is 0.260 e. The molecule has 0 fully saturated rings. The average Bonchev–Trinajstić information content (AvgIpc) is 3.48. The van der Waals surface area contributed by atoms with Gasteiger partial charge in [-0.1, -0.05) is 84.6 Å². The van der Waals surface area contributed by atoms with Crippen LogP contribution in [-0.4, -0.2) is 14.8 Å². The fourth-order valence-corrected chi connectivity index (χ4v) is 6.98. The number of nitrogens with zero attached hydrogens (tertiary/aromatic N) is 3. The number of aryl methyl sites for hydroxylation is 2. The van der Waals surface area contributed by atoms with Crippen molar-refractivity contribution in [2.75, 3.05) is 0 Å². The number of fused-ring (bicyclic) bond motifs is 3. The number of hydrogen-bond acceptors (Lipinski definition) is 3. The first-order chi connectivity index (χ1) is 19.1. The second-order valence-corrected chi connectivity index (χ2v) is 11.2. The summed E-state index contributed by atoms with van der Waals surface area (Å²) < 4.78 is 2.01. The maximum atomic E-state index is 4.96. The molecule has 1 aliphatic rings. The fourth-order valence-electron chi connectivity index (χ4n) is 6.05. The smallest absolute Gasteiger partial charge is 0.0886 e. The van der Waals surface area contributed by atoms with Crippen LogP contribution in [0.1, 0.15) is 33.8 Å². The molecule has 0 unspecified atom stereocenters. The molecule has 0 saturated carbocycles. The SMILES string of the molecule is Cc1cc(C)n(-c2cccc(Sc3cccc(C4(c5ccccn5)c5ccccc5-c5ccccc54)c3)c2)n1. The van der Waals surface area contributed by atoms with Gasteiger partial charge in [-0.05, 0) is 90.2 Å². The lowest BCUT2D eigenvalue weighted by Crippen LogP contribution is -2.29. The van der Waals surface area contributed by atoms with E-state index < -0.39 is 5.41 Å². The summed E-state index contributed by atoms with van der Waals surface area (Å²) in [6.45, 7) is 4.13. The molecular weight excluding hydrogens is 494 g/mol. The zero-order valence-corrected chi connectivity index (χ0v) is 22.7. The molecule has 0 radical (unpaired) electrons. The topological polar surface area (TPSA) is 30.7 Å². The number of aromatic nitrogens is 3. The van der Waals surface area contributed by atoms with Crippen LogP contribution in [0, 0.1) is 13.8 Å². The summed E-state index contributed by atoms with van der Waals surface area (Å²) in [7, 11) is 0. The van der Waals surface area contributed by atoms with Crippen molar-refractivity contribution in [2.24, 2.45) is 0 Å². The standard InChI is InChI=1S/C35H27N3S/c1-24-21-25(2)38(37-24)27-12-10-14-29(23-27)39-28-13-9-11-26(22-28)35(34-19-7-8-20-36-34)32-17-5-3-15-30(32)31-16-4-6-18-33(31)35/h3-23H,1-2H3. The summed E-state index contributed by atoms with van der Waals surface area (Å²) in [4.78, 5) is 7.33. The van der Waals surface area contributed by atoms with Crippen LogP contribution in [0.3, 0.4) is 0 Å². The summed E-state index contributed by atoms with van der Waals surface area (Å²) in [6, 6.07) is 43.5. The van der Waals surface area contributed by atoms with Gasteiger partial charge in [-0.3, -0.25) is 4.98 Å². The Balaban J connectivity index is 1.37. The fraction of sp³-hybridized carbons (Fsp3) is 0.0857. The normalized spacial score (nSPS) is 13.2. The summed E-state index contributed by atoms with van der Waals surface area (Å²) in [5.41, 5.74) is 10.1. The van der Waals surface area contributed by atoms with Crippen molar-refractivity contribution in [3.05, 3.63) is 161 Å². The van der Waals surface area contributed by atoms with E-state index in [1.807, 2.05) is 23.9 Å². The van der Waals surface area contributed by atoms with E-state index in [0.717, 1.165) is 22.8 Å². The molecule has 0 aliphatic heterocycles. The van der Waals surface area contributed by atoms with Gasteiger partial charge in [0.05, 0.1) is 22.5 Å². The molecule has 2 aromatic heterocycles. The van der Waals surface area contributed by atoms with Gasteiger partial charge < -0.3 is 0 Å². The molecule has 6 aromatic rings. The number of benzene rings is 4. The first-order valence-electron chi connectivity index (χ1n) is 13.2. The average molecular weight is 522 g/mol. The van der Waals surface area contributed by atoms with Crippen LogP contribution in [0.25, 0.3) is 16.8 Å². The van der Waals surface area contributed by atoms with E-state index in [9.17, 15) is 0 Å². The van der Waals surface area contributed by atoms with Crippen molar-refractivity contribution in [1.82, 2.24) is 14.8 Å². The summed E-state index contributed by atoms with van der Waals surface area (Å²) >= 11 is 1.78. The molecule has 3 nitrogen and oxygen atoms in total. The maximum absolute atomic E-state index is 4.96. The van der Waals surface area contributed by atoms with E-state index >= 15 is 0 Å². The second-order valence-electron chi connectivity index (χ2n) is 10.0. The Morgan fingerprint density at radius 3 is 1.97 bits per heavy atom. The van der Waals surface area contributed by atoms with Crippen LogP contribution in [0.5, 0.6) is 0 Å². The number of rotatable bonds is 5. The molecule has 0 bridgehead atoms. The zero-order chi connectivity index (χ0) is 26.4. The molecule has 0 N–H and O–H groups in total. The van der Waals surface area contributed by atoms with Crippen LogP contribution < -0.4 is 0 Å². The van der Waals surface area contributed by atoms with Gasteiger partial charge in [-0.15, -0.1) is 0 Å². The quantitative estimate of drug-likeness (QED) is 0.228. The van der Waals surface area contributed by atoms with E-state index in [1.165, 1.54) is 37.6 Å². The highest BCUT2D eigenvalue weighted by molar-refractivity contribution is 7.99. The third kappa shape index (κ3) is 3.83. The van der Waals surface area contributed by atoms with Crippen LogP contribution in [0.4, 0.5) is 0 Å². The molecular formula is C35H27N3S. The van der Waals surface area contributed by atoms with E-state index in [2.05, 4.69) is 127 Å². The number of pyridine rings is 1. The Morgan fingerprint density at radius 2 is 1.31 bits per heavy atom. The van der Waals surface area contributed by atoms with Gasteiger partial charge in [0, 0.05) is 21.7 Å². The lowest BCUT2D eigenvalue weighted by molar-refractivity contribution is 0.732. The molecule has 0 spiro atoms. The zero-order valence-electron chi connectivity index (χ0n) is 21.9. The first-order valence-corrected chi connectivity index (χ1v) is 14.0. The lowest BCUT2D eigenvalue weighted by atomic mass is 9.70. The lowest BCUT2D eigenvalue weighted by Gasteiger charge is -2.32. The Bertz CT molecular complexity index is 1770. The van der Waals surface area contributed by atoms with E-state index in [4.69, 9.17) is 4.98 Å². The molecule has 7 rings (SSSR count). The van der Waals surface area contributed by atoms with Crippen molar-refractivity contribution in [3.63, 3.8) is 0 Å². The Kier molecular flexibility index (Phi) is 5.71. The van der Waals surface area contributed by atoms with Crippen LogP contribution in [0.2, 0.25) is 0 Å². The second kappa shape index (κ2) is 9.40. The molecule has 0 atom stereocenters. The first kappa shape index (κ1) is 23.7. The summed E-state index contributed by atoms with van der Waals surface area (Å²) in [6.07, 6.45) is 1.91. The third-order valence-electron chi connectivity index (χ3n) is 7.58. The molecule has 39 heavy (non-hydrogen) atoms. The summed E-state index contributed by atoms with van der Waals surface area (Å²) in [5, 5.41) is 4.68. The van der Waals surface area contributed by atoms with Crippen molar-refractivity contribution in [1.29, 1.82) is 0 Å². The highest BCUT2D eigenvalue weighted by atomic mass is 32.2. The minimum absolute atomic E-state index is 0.490. The van der Waals surface area contributed by atoms with Crippen molar-refractivity contribution >= 4 is 11.8 Å². The third-order valence-corrected chi connectivity index (χ3v) is 8.56. The van der Waals surface area contributed by atoms with Gasteiger partial charge in [0.15, 0.2) is 0 Å². The monoisotopic (exact) mass is 521 g/mol. The highest BCUT2D eigenvalue weighted by Gasteiger charge is 2.46. The molecule has 0 saturated heterocycles. The summed E-state index contributed by atoms with van der Waals surface area (Å²) in [5.74, 6) is 0. The highest BCUT2D eigenvalue weighted by Crippen LogP contribution is 2.55. The minimum atomic E-state index is -0.490. The van der Waals surface area contributed by atoms with Crippen molar-refractivity contribution in [3.8, 4) is 16.8 Å². The van der Waals surface area contributed by atoms with Crippen molar-refractivity contribution in [2.45, 2.75) is 29.1 Å². The Labute approximate surface area is 233 Å². The predicted octanol–water partition coefficient (Wildman–Crippen LogP) is 8.40. The van der Waals surface area contributed by atoms with Gasteiger partial charge in [0.25, 0.3) is 0 Å². The van der Waals surface area contributed by atoms with Gasteiger partial charge >= 0.3 is 0 Å². The van der Waals surface area contributed by atoms with E-state index in [0.29, 0.717) is 0 Å². The van der Waals surface area contributed by atoms with Gasteiger partial charge in [-0.2, -0.15) is 5.10 Å². The predicted molar refractivity (Wildman–Crippen MR) is 159 cm³/mol. The van der Waals surface area contributed by atoms with Crippen molar-refractivity contribution < 1.29 is 0 Å².